The van der Waals surface area contributed by atoms with E-state index in [-0.39, 0.29) is 36.1 Å². The van der Waals surface area contributed by atoms with Crippen molar-refractivity contribution in [3.63, 3.8) is 0 Å². The van der Waals surface area contributed by atoms with E-state index in [1.165, 1.54) is 6.07 Å². The van der Waals surface area contributed by atoms with Gasteiger partial charge in [-0.15, -0.1) is 0 Å². The highest BCUT2D eigenvalue weighted by molar-refractivity contribution is 7.91. The van der Waals surface area contributed by atoms with E-state index in [2.05, 4.69) is 0 Å². The second kappa shape index (κ2) is 8.18. The molecule has 0 radical (unpaired) electrons. The van der Waals surface area contributed by atoms with E-state index in [0.717, 1.165) is 17.4 Å². The van der Waals surface area contributed by atoms with Crippen LogP contribution in [-0.4, -0.2) is 49.4 Å². The maximum atomic E-state index is 12.9. The summed E-state index contributed by atoms with van der Waals surface area (Å²) in [5.74, 6) is 0.332. The highest BCUT2D eigenvalue weighted by atomic mass is 32.2. The number of sulfone groups is 1. The molecule has 2 unspecified atom stereocenters. The van der Waals surface area contributed by atoms with Gasteiger partial charge in [0.1, 0.15) is 11.3 Å². The van der Waals surface area contributed by atoms with Gasteiger partial charge in [-0.05, 0) is 51.3 Å². The third-order valence-electron chi connectivity index (χ3n) is 5.62. The van der Waals surface area contributed by atoms with Crippen molar-refractivity contribution in [3.8, 4) is 5.75 Å². The van der Waals surface area contributed by atoms with Gasteiger partial charge in [0.2, 0.25) is 0 Å². The Morgan fingerprint density at radius 3 is 2.69 bits per heavy atom. The Bertz CT molecular complexity index is 1090. The molecule has 2 aromatic rings. The predicted molar refractivity (Wildman–Crippen MR) is 111 cm³/mol. The molecule has 1 aromatic carbocycles. The van der Waals surface area contributed by atoms with E-state index >= 15 is 0 Å². The van der Waals surface area contributed by atoms with E-state index in [9.17, 15) is 18.0 Å². The number of carbonyl (C=O) groups is 1. The second-order valence-corrected chi connectivity index (χ2v) is 9.95. The van der Waals surface area contributed by atoms with Crippen LogP contribution in [0.15, 0.2) is 27.4 Å². The molecule has 0 bridgehead atoms. The van der Waals surface area contributed by atoms with Gasteiger partial charge >= 0.3 is 5.63 Å². The molecule has 2 atom stereocenters. The average molecular weight is 422 g/mol. The first-order valence-corrected chi connectivity index (χ1v) is 11.6. The first-order chi connectivity index (χ1) is 13.6. The summed E-state index contributed by atoms with van der Waals surface area (Å²) in [6, 6.07) is 4.60. The number of ether oxygens (including phenoxy) is 1. The van der Waals surface area contributed by atoms with Gasteiger partial charge in [-0.1, -0.05) is 6.92 Å². The van der Waals surface area contributed by atoms with Crippen molar-refractivity contribution in [2.75, 3.05) is 18.1 Å². The van der Waals surface area contributed by atoms with Crippen LogP contribution in [0.5, 0.6) is 5.75 Å². The molecule has 158 valence electrons. The number of rotatable bonds is 6. The standard InChI is InChI=1S/C21H27NO6S/c1-5-14(3)22(16-8-9-29(25,26)12-16)19(23)11-27-18-7-6-17-13(2)10-20(24)28-21(17)15(18)4/h6-7,10,14,16H,5,8-9,11-12H2,1-4H3. The fourth-order valence-electron chi connectivity index (χ4n) is 3.87. The summed E-state index contributed by atoms with van der Waals surface area (Å²) in [7, 11) is -3.10. The lowest BCUT2D eigenvalue weighted by Gasteiger charge is -2.33. The zero-order valence-corrected chi connectivity index (χ0v) is 18.0. The molecule has 2 heterocycles. The normalized spacial score (nSPS) is 19.2. The van der Waals surface area contributed by atoms with Crippen molar-refractivity contribution in [1.82, 2.24) is 4.90 Å². The van der Waals surface area contributed by atoms with Gasteiger partial charge in [0.05, 0.1) is 11.5 Å². The van der Waals surface area contributed by atoms with Crippen molar-refractivity contribution in [2.45, 2.75) is 52.6 Å². The maximum absolute atomic E-state index is 12.9. The minimum atomic E-state index is -3.10. The second-order valence-electron chi connectivity index (χ2n) is 7.72. The lowest BCUT2D eigenvalue weighted by Crippen LogP contribution is -2.48. The topological polar surface area (TPSA) is 93.9 Å². The van der Waals surface area contributed by atoms with E-state index in [0.29, 0.717) is 23.3 Å². The molecule has 0 saturated carbocycles. The van der Waals surface area contributed by atoms with Gasteiger partial charge in [-0.3, -0.25) is 4.79 Å². The molecule has 1 aliphatic rings. The van der Waals surface area contributed by atoms with Gasteiger partial charge in [0.15, 0.2) is 16.4 Å². The number of amides is 1. The third kappa shape index (κ3) is 4.47. The highest BCUT2D eigenvalue weighted by Crippen LogP contribution is 2.28. The Balaban J connectivity index is 1.81. The van der Waals surface area contributed by atoms with Gasteiger partial charge in [-0.2, -0.15) is 0 Å². The Morgan fingerprint density at radius 1 is 1.34 bits per heavy atom. The SMILES string of the molecule is CCC(C)N(C(=O)COc1ccc2c(C)cc(=O)oc2c1C)C1CCS(=O)(=O)C1. The van der Waals surface area contributed by atoms with E-state index in [1.54, 1.807) is 24.0 Å². The van der Waals surface area contributed by atoms with Crippen LogP contribution in [0.3, 0.4) is 0 Å². The van der Waals surface area contributed by atoms with Gasteiger partial charge in [0, 0.05) is 29.1 Å². The summed E-state index contributed by atoms with van der Waals surface area (Å²) in [4.78, 5) is 26.3. The van der Waals surface area contributed by atoms with E-state index < -0.39 is 15.5 Å². The highest BCUT2D eigenvalue weighted by Gasteiger charge is 2.36. The summed E-state index contributed by atoms with van der Waals surface area (Å²) in [5, 5.41) is 0.818. The smallest absolute Gasteiger partial charge is 0.336 e. The number of hydrogen-bond donors (Lipinski definition) is 0. The van der Waals surface area contributed by atoms with Crippen LogP contribution in [0, 0.1) is 13.8 Å². The van der Waals surface area contributed by atoms with Crippen molar-refractivity contribution in [1.29, 1.82) is 0 Å². The molecule has 0 spiro atoms. The number of fused-ring (bicyclic) bond motifs is 1. The van der Waals surface area contributed by atoms with Crippen LogP contribution in [-0.2, 0) is 14.6 Å². The molecule has 0 aliphatic carbocycles. The fraction of sp³-hybridized carbons (Fsp3) is 0.524. The quantitative estimate of drug-likeness (QED) is 0.666. The van der Waals surface area contributed by atoms with Crippen LogP contribution >= 0.6 is 0 Å². The third-order valence-corrected chi connectivity index (χ3v) is 7.38. The van der Waals surface area contributed by atoms with Crippen LogP contribution in [0.2, 0.25) is 0 Å². The van der Waals surface area contributed by atoms with E-state index in [4.69, 9.17) is 9.15 Å². The number of carbonyl (C=O) groups excluding carboxylic acids is 1. The zero-order valence-electron chi connectivity index (χ0n) is 17.2. The Hall–Kier alpha value is -2.35. The molecule has 1 amide bonds. The Morgan fingerprint density at radius 2 is 2.07 bits per heavy atom. The first kappa shape index (κ1) is 21.4. The monoisotopic (exact) mass is 421 g/mol. The van der Waals surface area contributed by atoms with Crippen molar-refractivity contribution < 1.29 is 22.4 Å². The molecule has 1 aromatic heterocycles. The first-order valence-electron chi connectivity index (χ1n) is 9.81. The lowest BCUT2D eigenvalue weighted by atomic mass is 10.1. The molecule has 7 nitrogen and oxygen atoms in total. The maximum Gasteiger partial charge on any atom is 0.336 e. The molecule has 3 rings (SSSR count). The molecular weight excluding hydrogens is 394 g/mol. The molecule has 1 saturated heterocycles. The molecule has 8 heteroatoms. The van der Waals surface area contributed by atoms with Crippen LogP contribution in [0.25, 0.3) is 11.0 Å². The fourth-order valence-corrected chi connectivity index (χ4v) is 5.58. The molecule has 0 N–H and O–H groups in total. The molecule has 29 heavy (non-hydrogen) atoms. The zero-order chi connectivity index (χ0) is 21.3. The van der Waals surface area contributed by atoms with Crippen LogP contribution in [0.1, 0.15) is 37.8 Å². The van der Waals surface area contributed by atoms with Crippen molar-refractivity contribution in [2.24, 2.45) is 0 Å². The largest absolute Gasteiger partial charge is 0.483 e. The molecular formula is C21H27NO6S. The summed E-state index contributed by atoms with van der Waals surface area (Å²) in [6.45, 7) is 7.29. The number of aryl methyl sites for hydroxylation is 2. The molecule has 1 aliphatic heterocycles. The summed E-state index contributed by atoms with van der Waals surface area (Å²) >= 11 is 0. The Labute approximate surface area is 170 Å². The summed E-state index contributed by atoms with van der Waals surface area (Å²) < 4.78 is 34.9. The number of hydrogen-bond acceptors (Lipinski definition) is 6. The van der Waals surface area contributed by atoms with Gasteiger partial charge < -0.3 is 14.1 Å². The number of benzene rings is 1. The van der Waals surface area contributed by atoms with E-state index in [1.807, 2.05) is 20.8 Å². The minimum absolute atomic E-state index is 0.00250. The molecule has 1 fully saturated rings. The average Bonchev–Trinajstić information content (AvgIpc) is 3.00. The van der Waals surface area contributed by atoms with Crippen LogP contribution < -0.4 is 10.4 Å². The lowest BCUT2D eigenvalue weighted by molar-refractivity contribution is -0.137. The van der Waals surface area contributed by atoms with Crippen molar-refractivity contribution >= 4 is 26.7 Å². The van der Waals surface area contributed by atoms with Crippen LogP contribution in [0.4, 0.5) is 0 Å². The summed E-state index contributed by atoms with van der Waals surface area (Å²) in [5.41, 5.74) is 1.47. The summed E-state index contributed by atoms with van der Waals surface area (Å²) in [6.07, 6.45) is 1.18. The minimum Gasteiger partial charge on any atom is -0.483 e. The van der Waals surface area contributed by atoms with Crippen molar-refractivity contribution in [3.05, 3.63) is 39.7 Å². The Kier molecular flexibility index (Phi) is 6.03. The van der Waals surface area contributed by atoms with Gasteiger partial charge in [0.25, 0.3) is 5.91 Å². The van der Waals surface area contributed by atoms with Gasteiger partial charge in [-0.25, -0.2) is 13.2 Å². The predicted octanol–water partition coefficient (Wildman–Crippen LogP) is 2.60. The number of nitrogens with zero attached hydrogens (tertiary/aromatic N) is 1.